The molecular formula is C18H24N4O3. The zero-order chi connectivity index (χ0) is 17.8. The molecule has 3 heterocycles. The molecule has 25 heavy (non-hydrogen) atoms. The molecule has 1 aliphatic heterocycles. The fourth-order valence-electron chi connectivity index (χ4n) is 3.46. The first-order valence-corrected chi connectivity index (χ1v) is 8.64. The number of hydrogen-bond donors (Lipinski definition) is 1. The number of furan rings is 1. The van der Waals surface area contributed by atoms with Gasteiger partial charge in [0.15, 0.2) is 0 Å². The number of likely N-dealkylation sites (tertiary alicyclic amines) is 1. The van der Waals surface area contributed by atoms with Crippen molar-refractivity contribution in [2.75, 3.05) is 13.1 Å². The molecule has 2 aromatic rings. The minimum absolute atomic E-state index is 0.0119. The molecule has 2 amide bonds. The Morgan fingerprint density at radius 3 is 2.96 bits per heavy atom. The minimum Gasteiger partial charge on any atom is -0.472 e. The minimum atomic E-state index is -0.0910. The van der Waals surface area contributed by atoms with Gasteiger partial charge in [0.05, 0.1) is 18.6 Å². The van der Waals surface area contributed by atoms with Crippen LogP contribution in [0, 0.1) is 5.92 Å². The van der Waals surface area contributed by atoms with Gasteiger partial charge in [-0.25, -0.2) is 4.98 Å². The molecule has 1 fully saturated rings. The van der Waals surface area contributed by atoms with Crippen LogP contribution >= 0.6 is 0 Å². The molecule has 0 bridgehead atoms. The highest BCUT2D eigenvalue weighted by Gasteiger charge is 2.41. The lowest BCUT2D eigenvalue weighted by molar-refractivity contribution is -0.129. The molecule has 0 unspecified atom stereocenters. The van der Waals surface area contributed by atoms with E-state index < -0.39 is 0 Å². The van der Waals surface area contributed by atoms with Crippen LogP contribution in [-0.2, 0) is 23.1 Å². The number of amides is 2. The van der Waals surface area contributed by atoms with E-state index in [2.05, 4.69) is 10.3 Å². The van der Waals surface area contributed by atoms with Gasteiger partial charge in [-0.05, 0) is 25.0 Å². The van der Waals surface area contributed by atoms with Crippen molar-refractivity contribution in [3.63, 3.8) is 0 Å². The van der Waals surface area contributed by atoms with Crippen molar-refractivity contribution in [2.45, 2.75) is 32.2 Å². The zero-order valence-electron chi connectivity index (χ0n) is 14.6. The molecule has 7 heteroatoms. The standard InChI is InChI=1S/C18H24N4O3/c1-3-22-16(24)10-14(17(22)18-19-7-8-21(18)2)11-20-15(23)5-4-13-6-9-25-12-13/h6-9,12,14,17H,3-5,10-11H2,1-2H3,(H,20,23)/t14-,17+/m0/s1. The summed E-state index contributed by atoms with van der Waals surface area (Å²) in [5.41, 5.74) is 1.01. The van der Waals surface area contributed by atoms with Crippen molar-refractivity contribution in [1.82, 2.24) is 19.8 Å². The van der Waals surface area contributed by atoms with Crippen LogP contribution in [0.2, 0.25) is 0 Å². The normalized spacial score (nSPS) is 20.2. The first-order valence-electron chi connectivity index (χ1n) is 8.64. The predicted molar refractivity (Wildman–Crippen MR) is 91.5 cm³/mol. The topological polar surface area (TPSA) is 80.4 Å². The lowest BCUT2D eigenvalue weighted by Gasteiger charge is -2.27. The Morgan fingerprint density at radius 1 is 1.48 bits per heavy atom. The third-order valence-corrected chi connectivity index (χ3v) is 4.79. The van der Waals surface area contributed by atoms with E-state index >= 15 is 0 Å². The molecule has 2 atom stereocenters. The third kappa shape index (κ3) is 3.75. The summed E-state index contributed by atoms with van der Waals surface area (Å²) < 4.78 is 6.95. The van der Waals surface area contributed by atoms with Crippen LogP contribution in [0.25, 0.3) is 0 Å². The van der Waals surface area contributed by atoms with Gasteiger partial charge in [-0.15, -0.1) is 0 Å². The van der Waals surface area contributed by atoms with E-state index in [1.807, 2.05) is 35.7 Å². The monoisotopic (exact) mass is 344 g/mol. The lowest BCUT2D eigenvalue weighted by atomic mass is 9.99. The molecule has 1 N–H and O–H groups in total. The van der Waals surface area contributed by atoms with Crippen LogP contribution < -0.4 is 5.32 Å². The fourth-order valence-corrected chi connectivity index (χ4v) is 3.46. The lowest BCUT2D eigenvalue weighted by Crippen LogP contribution is -2.35. The molecule has 0 aromatic carbocycles. The number of rotatable bonds is 7. The number of imidazole rings is 1. The van der Waals surface area contributed by atoms with Gasteiger partial charge in [-0.3, -0.25) is 9.59 Å². The Kier molecular flexibility index (Phi) is 5.21. The van der Waals surface area contributed by atoms with Gasteiger partial charge in [0.25, 0.3) is 0 Å². The zero-order valence-corrected chi connectivity index (χ0v) is 14.6. The summed E-state index contributed by atoms with van der Waals surface area (Å²) in [5, 5.41) is 2.98. The van der Waals surface area contributed by atoms with Crippen LogP contribution in [0.1, 0.15) is 37.2 Å². The molecule has 1 saturated heterocycles. The summed E-state index contributed by atoms with van der Waals surface area (Å²) in [6.07, 6.45) is 8.38. The van der Waals surface area contributed by atoms with E-state index in [4.69, 9.17) is 4.42 Å². The van der Waals surface area contributed by atoms with Crippen molar-refractivity contribution in [3.8, 4) is 0 Å². The van der Waals surface area contributed by atoms with Crippen molar-refractivity contribution < 1.29 is 14.0 Å². The van der Waals surface area contributed by atoms with Gasteiger partial charge in [0.1, 0.15) is 5.82 Å². The van der Waals surface area contributed by atoms with E-state index in [9.17, 15) is 9.59 Å². The smallest absolute Gasteiger partial charge is 0.223 e. The Hall–Kier alpha value is -2.57. The third-order valence-electron chi connectivity index (χ3n) is 4.79. The molecule has 0 spiro atoms. The summed E-state index contributed by atoms with van der Waals surface area (Å²) in [6, 6.07) is 1.77. The van der Waals surface area contributed by atoms with Gasteiger partial charge in [0, 0.05) is 51.3 Å². The molecule has 2 aromatic heterocycles. The largest absolute Gasteiger partial charge is 0.472 e. The highest BCUT2D eigenvalue weighted by Crippen LogP contribution is 2.36. The van der Waals surface area contributed by atoms with Crippen LogP contribution in [0.3, 0.4) is 0 Å². The maximum absolute atomic E-state index is 12.3. The molecule has 134 valence electrons. The van der Waals surface area contributed by atoms with Crippen LogP contribution in [0.5, 0.6) is 0 Å². The number of nitrogens with zero attached hydrogens (tertiary/aromatic N) is 3. The maximum Gasteiger partial charge on any atom is 0.223 e. The fraction of sp³-hybridized carbons (Fsp3) is 0.500. The van der Waals surface area contributed by atoms with Crippen LogP contribution in [-0.4, -0.2) is 39.4 Å². The molecule has 0 saturated carbocycles. The molecular weight excluding hydrogens is 320 g/mol. The van der Waals surface area contributed by atoms with E-state index in [0.29, 0.717) is 32.4 Å². The van der Waals surface area contributed by atoms with E-state index in [1.54, 1.807) is 18.7 Å². The second-order valence-corrected chi connectivity index (χ2v) is 6.42. The second kappa shape index (κ2) is 7.55. The van der Waals surface area contributed by atoms with E-state index in [1.165, 1.54) is 0 Å². The summed E-state index contributed by atoms with van der Waals surface area (Å²) in [4.78, 5) is 30.7. The number of hydrogen-bond acceptors (Lipinski definition) is 4. The van der Waals surface area contributed by atoms with Gasteiger partial charge in [0.2, 0.25) is 11.8 Å². The van der Waals surface area contributed by atoms with E-state index in [0.717, 1.165) is 11.4 Å². The Morgan fingerprint density at radius 2 is 2.32 bits per heavy atom. The summed E-state index contributed by atoms with van der Waals surface area (Å²) >= 11 is 0. The van der Waals surface area contributed by atoms with Crippen LogP contribution in [0.4, 0.5) is 0 Å². The highest BCUT2D eigenvalue weighted by atomic mass is 16.3. The van der Waals surface area contributed by atoms with Gasteiger partial charge in [-0.2, -0.15) is 0 Å². The number of carbonyl (C=O) groups is 2. The molecule has 7 nitrogen and oxygen atoms in total. The number of aryl methyl sites for hydroxylation is 2. The van der Waals surface area contributed by atoms with Crippen molar-refractivity contribution in [3.05, 3.63) is 42.4 Å². The van der Waals surface area contributed by atoms with E-state index in [-0.39, 0.29) is 23.8 Å². The van der Waals surface area contributed by atoms with Gasteiger partial charge >= 0.3 is 0 Å². The first kappa shape index (κ1) is 17.3. The highest BCUT2D eigenvalue weighted by molar-refractivity contribution is 5.80. The molecule has 3 rings (SSSR count). The number of aromatic nitrogens is 2. The van der Waals surface area contributed by atoms with Crippen molar-refractivity contribution >= 4 is 11.8 Å². The van der Waals surface area contributed by atoms with Gasteiger partial charge in [-0.1, -0.05) is 0 Å². The van der Waals surface area contributed by atoms with Crippen molar-refractivity contribution in [2.24, 2.45) is 13.0 Å². The van der Waals surface area contributed by atoms with Crippen molar-refractivity contribution in [1.29, 1.82) is 0 Å². The first-order chi connectivity index (χ1) is 12.1. The number of carbonyl (C=O) groups excluding carboxylic acids is 2. The maximum atomic E-state index is 12.3. The Bertz CT molecular complexity index is 723. The Labute approximate surface area is 147 Å². The summed E-state index contributed by atoms with van der Waals surface area (Å²) in [7, 11) is 1.93. The quantitative estimate of drug-likeness (QED) is 0.828. The molecule has 0 radical (unpaired) electrons. The summed E-state index contributed by atoms with van der Waals surface area (Å²) in [6.45, 7) is 3.09. The average Bonchev–Trinajstić information content (AvgIpc) is 3.31. The molecule has 1 aliphatic rings. The van der Waals surface area contributed by atoms with Crippen LogP contribution in [0.15, 0.2) is 35.4 Å². The summed E-state index contributed by atoms with van der Waals surface area (Å²) in [5.74, 6) is 1.01. The SMILES string of the molecule is CCN1C(=O)C[C@@H](CNC(=O)CCc2ccoc2)[C@@H]1c1nccn1C. The predicted octanol–water partition coefficient (Wildman–Crippen LogP) is 1.67. The Balaban J connectivity index is 1.61. The second-order valence-electron chi connectivity index (χ2n) is 6.42. The number of nitrogens with one attached hydrogen (secondary N) is 1. The molecule has 0 aliphatic carbocycles. The average molecular weight is 344 g/mol. The van der Waals surface area contributed by atoms with Gasteiger partial charge < -0.3 is 19.2 Å².